The fourth-order valence-electron chi connectivity index (χ4n) is 3.39. The highest BCUT2D eigenvalue weighted by Gasteiger charge is 2.13. The molecule has 0 aliphatic heterocycles. The molecule has 0 fully saturated rings. The number of amides is 1. The SMILES string of the molecule is CCc1ccc(C(=O)Nc2cccc(Oc3nc4ccccc4n4cnnc34)c2)cc1. The number of benzene rings is 3. The van der Waals surface area contributed by atoms with Gasteiger partial charge in [0.15, 0.2) is 0 Å². The molecule has 5 rings (SSSR count). The number of para-hydroxylation sites is 2. The first-order chi connectivity index (χ1) is 15.2. The topological polar surface area (TPSA) is 81.4 Å². The third-order valence-electron chi connectivity index (χ3n) is 5.03. The molecule has 0 spiro atoms. The van der Waals surface area contributed by atoms with Crippen molar-refractivity contribution in [3.63, 3.8) is 0 Å². The normalized spacial score (nSPS) is 11.0. The van der Waals surface area contributed by atoms with Gasteiger partial charge in [0.2, 0.25) is 5.65 Å². The Kier molecular flexibility index (Phi) is 4.76. The van der Waals surface area contributed by atoms with Crippen molar-refractivity contribution in [1.82, 2.24) is 19.6 Å². The second-order valence-corrected chi connectivity index (χ2v) is 7.06. The summed E-state index contributed by atoms with van der Waals surface area (Å²) in [5.74, 6) is 0.699. The number of hydrogen-bond acceptors (Lipinski definition) is 5. The van der Waals surface area contributed by atoms with Crippen molar-refractivity contribution in [3.8, 4) is 11.6 Å². The quantitative estimate of drug-likeness (QED) is 0.447. The smallest absolute Gasteiger partial charge is 0.266 e. The van der Waals surface area contributed by atoms with Crippen LogP contribution in [-0.2, 0) is 6.42 Å². The first-order valence-corrected chi connectivity index (χ1v) is 9.98. The second kappa shape index (κ2) is 7.87. The highest BCUT2D eigenvalue weighted by atomic mass is 16.5. The van der Waals surface area contributed by atoms with Crippen molar-refractivity contribution in [2.24, 2.45) is 0 Å². The van der Waals surface area contributed by atoms with E-state index < -0.39 is 0 Å². The van der Waals surface area contributed by atoms with E-state index in [1.807, 2.05) is 65.1 Å². The van der Waals surface area contributed by atoms with E-state index in [2.05, 4.69) is 27.4 Å². The number of fused-ring (bicyclic) bond motifs is 3. The van der Waals surface area contributed by atoms with E-state index in [1.54, 1.807) is 18.5 Å². The number of aromatic nitrogens is 4. The van der Waals surface area contributed by atoms with Gasteiger partial charge in [0.1, 0.15) is 12.1 Å². The predicted molar refractivity (Wildman–Crippen MR) is 119 cm³/mol. The second-order valence-electron chi connectivity index (χ2n) is 7.06. The molecule has 0 bridgehead atoms. The molecule has 0 radical (unpaired) electrons. The number of rotatable bonds is 5. The lowest BCUT2D eigenvalue weighted by molar-refractivity contribution is 0.102. The zero-order valence-electron chi connectivity index (χ0n) is 16.8. The maximum Gasteiger partial charge on any atom is 0.266 e. The third-order valence-corrected chi connectivity index (χ3v) is 5.03. The molecule has 0 saturated carbocycles. The molecule has 0 saturated heterocycles. The number of nitrogens with zero attached hydrogens (tertiary/aromatic N) is 4. The van der Waals surface area contributed by atoms with Crippen molar-refractivity contribution in [1.29, 1.82) is 0 Å². The number of hydrogen-bond donors (Lipinski definition) is 1. The zero-order chi connectivity index (χ0) is 21.2. The Labute approximate surface area is 178 Å². The largest absolute Gasteiger partial charge is 0.436 e. The number of aryl methyl sites for hydroxylation is 1. The van der Waals surface area contributed by atoms with Crippen molar-refractivity contribution in [2.75, 3.05) is 5.32 Å². The summed E-state index contributed by atoms with van der Waals surface area (Å²) >= 11 is 0. The minimum absolute atomic E-state index is 0.177. The maximum absolute atomic E-state index is 12.6. The number of ether oxygens (including phenoxy) is 1. The van der Waals surface area contributed by atoms with E-state index >= 15 is 0 Å². The highest BCUT2D eigenvalue weighted by molar-refractivity contribution is 6.04. The Morgan fingerprint density at radius 3 is 2.71 bits per heavy atom. The van der Waals surface area contributed by atoms with Crippen LogP contribution in [0.25, 0.3) is 16.7 Å². The minimum Gasteiger partial charge on any atom is -0.436 e. The average Bonchev–Trinajstić information content (AvgIpc) is 3.30. The Hall–Kier alpha value is -4.26. The van der Waals surface area contributed by atoms with Crippen molar-refractivity contribution < 1.29 is 9.53 Å². The molecule has 3 aromatic carbocycles. The molecule has 0 aliphatic rings. The molecule has 0 unspecified atom stereocenters. The molecule has 152 valence electrons. The van der Waals surface area contributed by atoms with Crippen LogP contribution in [0.15, 0.2) is 79.1 Å². The van der Waals surface area contributed by atoms with Crippen molar-refractivity contribution in [3.05, 3.63) is 90.3 Å². The van der Waals surface area contributed by atoms with E-state index in [0.29, 0.717) is 28.5 Å². The van der Waals surface area contributed by atoms with Crippen molar-refractivity contribution >= 4 is 28.3 Å². The fraction of sp³-hybridized carbons (Fsp3) is 0.0833. The lowest BCUT2D eigenvalue weighted by Crippen LogP contribution is -2.11. The van der Waals surface area contributed by atoms with Gasteiger partial charge in [-0.05, 0) is 48.4 Å². The summed E-state index contributed by atoms with van der Waals surface area (Å²) in [4.78, 5) is 17.2. The summed E-state index contributed by atoms with van der Waals surface area (Å²) in [6.45, 7) is 2.08. The zero-order valence-corrected chi connectivity index (χ0v) is 16.8. The third kappa shape index (κ3) is 3.69. The van der Waals surface area contributed by atoms with Crippen LogP contribution in [0.3, 0.4) is 0 Å². The van der Waals surface area contributed by atoms with Crippen LogP contribution in [0.5, 0.6) is 11.6 Å². The molecule has 5 aromatic rings. The Morgan fingerprint density at radius 2 is 1.87 bits per heavy atom. The maximum atomic E-state index is 12.6. The standard InChI is InChI=1S/C24H19N5O2/c1-2-16-10-12-17(13-11-16)23(30)26-18-6-5-7-19(14-18)31-24-22-28-25-15-29(22)21-9-4-3-8-20(21)27-24/h3-15H,2H2,1H3,(H,26,30). The summed E-state index contributed by atoms with van der Waals surface area (Å²) in [6.07, 6.45) is 2.57. The van der Waals surface area contributed by atoms with Crippen molar-refractivity contribution in [2.45, 2.75) is 13.3 Å². The molecular weight excluding hydrogens is 390 g/mol. The summed E-state index contributed by atoms with van der Waals surface area (Å²) in [5, 5.41) is 11.0. The van der Waals surface area contributed by atoms with E-state index in [1.165, 1.54) is 5.56 Å². The molecular formula is C24H19N5O2. The van der Waals surface area contributed by atoms with Crippen LogP contribution >= 0.6 is 0 Å². The lowest BCUT2D eigenvalue weighted by atomic mass is 10.1. The van der Waals surface area contributed by atoms with Gasteiger partial charge in [-0.3, -0.25) is 9.20 Å². The van der Waals surface area contributed by atoms with E-state index in [-0.39, 0.29) is 5.91 Å². The van der Waals surface area contributed by atoms with Gasteiger partial charge in [-0.25, -0.2) is 4.98 Å². The number of anilines is 1. The summed E-state index contributed by atoms with van der Waals surface area (Å²) in [6, 6.07) is 22.5. The monoisotopic (exact) mass is 409 g/mol. The number of nitrogens with one attached hydrogen (secondary N) is 1. The van der Waals surface area contributed by atoms with Crippen LogP contribution in [0, 0.1) is 0 Å². The Morgan fingerprint density at radius 1 is 1.03 bits per heavy atom. The summed E-state index contributed by atoms with van der Waals surface area (Å²) < 4.78 is 7.87. The lowest BCUT2D eigenvalue weighted by Gasteiger charge is -2.10. The fourth-order valence-corrected chi connectivity index (χ4v) is 3.39. The van der Waals surface area contributed by atoms with Crippen LogP contribution in [0.4, 0.5) is 5.69 Å². The predicted octanol–water partition coefficient (Wildman–Crippen LogP) is 4.88. The van der Waals surface area contributed by atoms with E-state index in [0.717, 1.165) is 17.5 Å². The molecule has 2 heterocycles. The van der Waals surface area contributed by atoms with Gasteiger partial charge in [-0.15, -0.1) is 10.2 Å². The molecule has 31 heavy (non-hydrogen) atoms. The molecule has 0 aliphatic carbocycles. The molecule has 1 amide bonds. The van der Waals surface area contributed by atoms with Crippen LogP contribution < -0.4 is 10.1 Å². The van der Waals surface area contributed by atoms with Gasteiger partial charge in [-0.2, -0.15) is 0 Å². The summed E-state index contributed by atoms with van der Waals surface area (Å²) in [5.41, 5.74) is 4.60. The summed E-state index contributed by atoms with van der Waals surface area (Å²) in [7, 11) is 0. The number of carbonyl (C=O) groups is 1. The van der Waals surface area contributed by atoms with Crippen LogP contribution in [0.1, 0.15) is 22.8 Å². The first-order valence-electron chi connectivity index (χ1n) is 9.98. The van der Waals surface area contributed by atoms with Crippen LogP contribution in [0.2, 0.25) is 0 Å². The molecule has 7 nitrogen and oxygen atoms in total. The molecule has 7 heteroatoms. The van der Waals surface area contributed by atoms with Gasteiger partial charge in [0.25, 0.3) is 11.8 Å². The Balaban J connectivity index is 1.41. The average molecular weight is 409 g/mol. The van der Waals surface area contributed by atoms with E-state index in [4.69, 9.17) is 4.74 Å². The number of carbonyl (C=O) groups excluding carboxylic acids is 1. The van der Waals surface area contributed by atoms with Gasteiger partial charge >= 0.3 is 0 Å². The van der Waals surface area contributed by atoms with Crippen LogP contribution in [-0.4, -0.2) is 25.5 Å². The minimum atomic E-state index is -0.177. The molecule has 2 aromatic heterocycles. The van der Waals surface area contributed by atoms with Gasteiger partial charge in [0, 0.05) is 17.3 Å². The molecule has 0 atom stereocenters. The van der Waals surface area contributed by atoms with Gasteiger partial charge < -0.3 is 10.1 Å². The van der Waals surface area contributed by atoms with E-state index in [9.17, 15) is 4.79 Å². The highest BCUT2D eigenvalue weighted by Crippen LogP contribution is 2.28. The van der Waals surface area contributed by atoms with Gasteiger partial charge in [0.05, 0.1) is 11.0 Å². The van der Waals surface area contributed by atoms with Gasteiger partial charge in [-0.1, -0.05) is 37.3 Å². The molecule has 1 N–H and O–H groups in total. The Bertz CT molecular complexity index is 1390. The first kappa shape index (κ1) is 18.7.